The molecule has 1 aliphatic rings. The molecule has 1 N–H and O–H groups in total. The highest BCUT2D eigenvalue weighted by atomic mass is 16.5. The lowest BCUT2D eigenvalue weighted by atomic mass is 10.1. The highest BCUT2D eigenvalue weighted by molar-refractivity contribution is 6.15. The molecule has 3 rings (SSSR count). The number of ketones is 1. The van der Waals surface area contributed by atoms with Crippen LogP contribution in [0.1, 0.15) is 31.8 Å². The number of fused-ring (bicyclic) bond motifs is 1. The van der Waals surface area contributed by atoms with Gasteiger partial charge in [0.2, 0.25) is 5.78 Å². The third-order valence-corrected chi connectivity index (χ3v) is 3.25. The van der Waals surface area contributed by atoms with Crippen molar-refractivity contribution in [1.82, 2.24) is 0 Å². The van der Waals surface area contributed by atoms with Crippen LogP contribution in [0.15, 0.2) is 48.2 Å². The summed E-state index contributed by atoms with van der Waals surface area (Å²) >= 11 is 0. The van der Waals surface area contributed by atoms with Crippen LogP contribution in [0.4, 0.5) is 0 Å². The van der Waals surface area contributed by atoms with E-state index in [1.807, 2.05) is 31.2 Å². The Balaban J connectivity index is 1.99. The summed E-state index contributed by atoms with van der Waals surface area (Å²) in [7, 11) is 0. The summed E-state index contributed by atoms with van der Waals surface area (Å²) in [6.45, 7) is 1.97. The molecule has 0 aromatic heterocycles. The van der Waals surface area contributed by atoms with Crippen molar-refractivity contribution in [2.45, 2.75) is 6.92 Å². The number of ether oxygens (including phenoxy) is 1. The Morgan fingerprint density at radius 3 is 2.71 bits per heavy atom. The van der Waals surface area contributed by atoms with Gasteiger partial charge >= 0.3 is 5.97 Å². The maximum atomic E-state index is 12.3. The molecule has 0 unspecified atom stereocenters. The lowest BCUT2D eigenvalue weighted by Gasteiger charge is -1.99. The van der Waals surface area contributed by atoms with Crippen LogP contribution < -0.4 is 4.74 Å². The zero-order valence-corrected chi connectivity index (χ0v) is 11.3. The molecular weight excluding hydrogens is 268 g/mol. The first-order valence-corrected chi connectivity index (χ1v) is 6.43. The van der Waals surface area contributed by atoms with Crippen LogP contribution in [0.2, 0.25) is 0 Å². The summed E-state index contributed by atoms with van der Waals surface area (Å²) in [5.74, 6) is -0.765. The van der Waals surface area contributed by atoms with Crippen molar-refractivity contribution in [3.63, 3.8) is 0 Å². The first-order valence-electron chi connectivity index (χ1n) is 6.43. The molecule has 0 saturated heterocycles. The second-order valence-electron chi connectivity index (χ2n) is 4.87. The van der Waals surface area contributed by atoms with Crippen LogP contribution in [-0.4, -0.2) is 16.9 Å². The number of allylic oxidation sites excluding steroid dienone is 1. The van der Waals surface area contributed by atoms with Gasteiger partial charge < -0.3 is 9.84 Å². The Morgan fingerprint density at radius 2 is 2.00 bits per heavy atom. The quantitative estimate of drug-likeness (QED) is 0.857. The van der Waals surface area contributed by atoms with Crippen molar-refractivity contribution in [3.8, 4) is 5.75 Å². The van der Waals surface area contributed by atoms with Gasteiger partial charge in [-0.05, 0) is 36.8 Å². The molecule has 0 atom stereocenters. The summed E-state index contributed by atoms with van der Waals surface area (Å²) in [5, 5.41) is 8.97. The lowest BCUT2D eigenvalue weighted by molar-refractivity contribution is 0.0697. The molecule has 21 heavy (non-hydrogen) atoms. The van der Waals surface area contributed by atoms with Gasteiger partial charge in [0.1, 0.15) is 5.75 Å². The number of aryl methyl sites for hydroxylation is 1. The molecule has 1 heterocycles. The van der Waals surface area contributed by atoms with Crippen LogP contribution in [0.25, 0.3) is 6.08 Å². The number of hydrogen-bond donors (Lipinski definition) is 1. The van der Waals surface area contributed by atoms with Crippen LogP contribution in [-0.2, 0) is 0 Å². The van der Waals surface area contributed by atoms with Gasteiger partial charge in [-0.3, -0.25) is 4.79 Å². The molecule has 2 aromatic rings. The minimum Gasteiger partial charge on any atom is -0.478 e. The Morgan fingerprint density at radius 1 is 1.19 bits per heavy atom. The lowest BCUT2D eigenvalue weighted by Crippen LogP contribution is -2.00. The molecule has 0 spiro atoms. The Labute approximate surface area is 121 Å². The Hall–Kier alpha value is -2.88. The molecule has 0 amide bonds. The number of benzene rings is 2. The minimum absolute atomic E-state index is 0.0718. The van der Waals surface area contributed by atoms with E-state index in [2.05, 4.69) is 0 Å². The molecule has 104 valence electrons. The fourth-order valence-electron chi connectivity index (χ4n) is 2.23. The molecule has 4 heteroatoms. The monoisotopic (exact) mass is 280 g/mol. The van der Waals surface area contributed by atoms with E-state index >= 15 is 0 Å². The first-order chi connectivity index (χ1) is 10.0. The summed E-state index contributed by atoms with van der Waals surface area (Å²) in [4.78, 5) is 23.2. The first kappa shape index (κ1) is 13.1. The normalized spacial score (nSPS) is 14.9. The zero-order chi connectivity index (χ0) is 15.0. The van der Waals surface area contributed by atoms with Gasteiger partial charge in [-0.1, -0.05) is 29.8 Å². The smallest absolute Gasteiger partial charge is 0.335 e. The molecular formula is C17H12O4. The van der Waals surface area contributed by atoms with E-state index in [-0.39, 0.29) is 22.7 Å². The van der Waals surface area contributed by atoms with E-state index in [1.54, 1.807) is 6.08 Å². The summed E-state index contributed by atoms with van der Waals surface area (Å²) < 4.78 is 5.52. The predicted octanol–water partition coefficient (Wildman–Crippen LogP) is 3.31. The SMILES string of the molecule is Cc1cccc(C=C2Oc3ccc(C(=O)O)cc3C2=O)c1. The molecule has 4 nitrogen and oxygen atoms in total. The number of carboxylic acid groups (broad SMARTS) is 1. The van der Waals surface area contributed by atoms with Crippen molar-refractivity contribution in [3.05, 3.63) is 70.5 Å². The standard InChI is InChI=1S/C17H12O4/c1-10-3-2-4-11(7-10)8-15-16(18)13-9-12(17(19)20)5-6-14(13)21-15/h2-9H,1H3,(H,19,20). The fourth-order valence-corrected chi connectivity index (χ4v) is 2.23. The van der Waals surface area contributed by atoms with Crippen LogP contribution in [0.5, 0.6) is 5.75 Å². The molecule has 0 fully saturated rings. The molecule has 0 bridgehead atoms. The van der Waals surface area contributed by atoms with E-state index in [0.717, 1.165) is 11.1 Å². The van der Waals surface area contributed by atoms with E-state index in [9.17, 15) is 9.59 Å². The highest BCUT2D eigenvalue weighted by Crippen LogP contribution is 2.32. The number of aromatic carboxylic acids is 1. The largest absolute Gasteiger partial charge is 0.478 e. The Kier molecular flexibility index (Phi) is 3.06. The fraction of sp³-hybridized carbons (Fsp3) is 0.0588. The topological polar surface area (TPSA) is 63.6 Å². The molecule has 0 saturated carbocycles. The van der Waals surface area contributed by atoms with Gasteiger partial charge in [-0.15, -0.1) is 0 Å². The van der Waals surface area contributed by atoms with E-state index in [0.29, 0.717) is 5.75 Å². The van der Waals surface area contributed by atoms with Gasteiger partial charge in [-0.25, -0.2) is 4.79 Å². The molecule has 0 aliphatic carbocycles. The van der Waals surface area contributed by atoms with Crippen LogP contribution >= 0.6 is 0 Å². The van der Waals surface area contributed by atoms with Gasteiger partial charge in [0, 0.05) is 0 Å². The minimum atomic E-state index is -1.07. The van der Waals surface area contributed by atoms with Crippen molar-refractivity contribution in [2.24, 2.45) is 0 Å². The average Bonchev–Trinajstić information content (AvgIpc) is 2.75. The van der Waals surface area contributed by atoms with Crippen LogP contribution in [0.3, 0.4) is 0 Å². The number of carboxylic acids is 1. The van der Waals surface area contributed by atoms with E-state index < -0.39 is 5.97 Å². The summed E-state index contributed by atoms with van der Waals surface area (Å²) in [6.07, 6.45) is 1.66. The number of carbonyl (C=O) groups is 2. The van der Waals surface area contributed by atoms with Gasteiger partial charge in [-0.2, -0.15) is 0 Å². The number of carbonyl (C=O) groups excluding carboxylic acids is 1. The second-order valence-corrected chi connectivity index (χ2v) is 4.87. The highest BCUT2D eigenvalue weighted by Gasteiger charge is 2.28. The van der Waals surface area contributed by atoms with Crippen LogP contribution in [0, 0.1) is 6.92 Å². The summed E-state index contributed by atoms with van der Waals surface area (Å²) in [6, 6.07) is 12.0. The maximum Gasteiger partial charge on any atom is 0.335 e. The Bertz CT molecular complexity index is 787. The third kappa shape index (κ3) is 2.43. The third-order valence-electron chi connectivity index (χ3n) is 3.25. The molecule has 2 aromatic carbocycles. The van der Waals surface area contributed by atoms with Gasteiger partial charge in [0.15, 0.2) is 5.76 Å². The predicted molar refractivity (Wildman–Crippen MR) is 77.5 cm³/mol. The number of Topliss-reactive ketones (excluding diaryl/α,β-unsaturated/α-hetero) is 1. The van der Waals surface area contributed by atoms with Gasteiger partial charge in [0.05, 0.1) is 11.1 Å². The van der Waals surface area contributed by atoms with E-state index in [1.165, 1.54) is 18.2 Å². The van der Waals surface area contributed by atoms with E-state index in [4.69, 9.17) is 9.84 Å². The molecule has 0 radical (unpaired) electrons. The average molecular weight is 280 g/mol. The maximum absolute atomic E-state index is 12.3. The second kappa shape index (κ2) is 4.90. The van der Waals surface area contributed by atoms with Crippen molar-refractivity contribution >= 4 is 17.8 Å². The zero-order valence-electron chi connectivity index (χ0n) is 11.3. The van der Waals surface area contributed by atoms with Gasteiger partial charge in [0.25, 0.3) is 0 Å². The number of hydrogen-bond acceptors (Lipinski definition) is 3. The van der Waals surface area contributed by atoms with Crippen molar-refractivity contribution in [1.29, 1.82) is 0 Å². The van der Waals surface area contributed by atoms with Crippen molar-refractivity contribution in [2.75, 3.05) is 0 Å². The van der Waals surface area contributed by atoms with Crippen molar-refractivity contribution < 1.29 is 19.4 Å². The summed E-state index contributed by atoms with van der Waals surface area (Å²) in [5.41, 5.74) is 2.31. The number of rotatable bonds is 2. The molecule has 1 aliphatic heterocycles.